The molecule has 1 heterocycles. The first kappa shape index (κ1) is 11.9. The average molecular weight is 221 g/mol. The van der Waals surface area contributed by atoms with Gasteiger partial charge >= 0.3 is 0 Å². The molecule has 0 aromatic carbocycles. The predicted octanol–water partition coefficient (Wildman–Crippen LogP) is 0.317. The second-order valence-corrected chi connectivity index (χ2v) is 6.06. The van der Waals surface area contributed by atoms with Crippen LogP contribution in [-0.2, 0) is 14.6 Å². The van der Waals surface area contributed by atoms with Gasteiger partial charge < -0.3 is 10.5 Å². The number of hydrogen-bond donors (Lipinski definition) is 1. The summed E-state index contributed by atoms with van der Waals surface area (Å²) in [7, 11) is -3.06. The van der Waals surface area contributed by atoms with Crippen molar-refractivity contribution in [3.05, 3.63) is 0 Å². The first-order chi connectivity index (χ1) is 6.60. The van der Waals surface area contributed by atoms with Crippen LogP contribution in [0.5, 0.6) is 0 Å². The molecule has 0 aromatic heterocycles. The minimum Gasteiger partial charge on any atom is -0.377 e. The van der Waals surface area contributed by atoms with Gasteiger partial charge in [0.25, 0.3) is 0 Å². The van der Waals surface area contributed by atoms with Gasteiger partial charge in [0.15, 0.2) is 9.84 Å². The summed E-state index contributed by atoms with van der Waals surface area (Å²) in [6.45, 7) is 2.76. The van der Waals surface area contributed by atoms with Crippen molar-refractivity contribution in [2.75, 3.05) is 18.9 Å². The molecule has 2 atom stereocenters. The molecule has 1 saturated heterocycles. The maximum Gasteiger partial charge on any atom is 0.156 e. The zero-order chi connectivity index (χ0) is 10.6. The molecule has 0 saturated carbocycles. The molecule has 1 rings (SSSR count). The van der Waals surface area contributed by atoms with E-state index in [1.807, 2.05) is 6.92 Å². The Kier molecular flexibility index (Phi) is 4.34. The van der Waals surface area contributed by atoms with Crippen molar-refractivity contribution in [3.8, 4) is 0 Å². The van der Waals surface area contributed by atoms with Crippen LogP contribution in [0.25, 0.3) is 0 Å². The topological polar surface area (TPSA) is 69.4 Å². The molecule has 0 amide bonds. The highest BCUT2D eigenvalue weighted by molar-refractivity contribution is 7.92. The fourth-order valence-electron chi connectivity index (χ4n) is 1.74. The van der Waals surface area contributed by atoms with Gasteiger partial charge in [-0.05, 0) is 19.3 Å². The van der Waals surface area contributed by atoms with E-state index in [2.05, 4.69) is 0 Å². The van der Waals surface area contributed by atoms with Gasteiger partial charge in [0.2, 0.25) is 0 Å². The summed E-state index contributed by atoms with van der Waals surface area (Å²) in [6, 6.07) is 0. The van der Waals surface area contributed by atoms with Gasteiger partial charge in [-0.3, -0.25) is 0 Å². The highest BCUT2D eigenvalue weighted by atomic mass is 32.2. The number of rotatable bonds is 5. The molecule has 14 heavy (non-hydrogen) atoms. The molecule has 0 radical (unpaired) electrons. The summed E-state index contributed by atoms with van der Waals surface area (Å²) < 4.78 is 28.9. The summed E-state index contributed by atoms with van der Waals surface area (Å²) >= 11 is 0. The molecular formula is C9H19NO3S. The second kappa shape index (κ2) is 5.09. The lowest BCUT2D eigenvalue weighted by molar-refractivity contribution is 0.127. The zero-order valence-electron chi connectivity index (χ0n) is 8.61. The molecule has 0 spiro atoms. The van der Waals surface area contributed by atoms with Gasteiger partial charge in [-0.1, -0.05) is 6.92 Å². The lowest BCUT2D eigenvalue weighted by Crippen LogP contribution is -2.34. The Morgan fingerprint density at radius 3 is 2.71 bits per heavy atom. The third kappa shape index (κ3) is 2.93. The van der Waals surface area contributed by atoms with E-state index in [-0.39, 0.29) is 18.4 Å². The smallest absolute Gasteiger partial charge is 0.156 e. The van der Waals surface area contributed by atoms with Gasteiger partial charge in [0, 0.05) is 13.2 Å². The Morgan fingerprint density at radius 2 is 2.29 bits per heavy atom. The summed E-state index contributed by atoms with van der Waals surface area (Å²) in [4.78, 5) is 0. The molecule has 0 bridgehead atoms. The lowest BCUT2D eigenvalue weighted by Gasteiger charge is -2.16. The van der Waals surface area contributed by atoms with Crippen molar-refractivity contribution in [1.82, 2.24) is 0 Å². The fraction of sp³-hybridized carbons (Fsp3) is 1.00. The van der Waals surface area contributed by atoms with Gasteiger partial charge in [-0.15, -0.1) is 0 Å². The van der Waals surface area contributed by atoms with Crippen LogP contribution in [0.15, 0.2) is 0 Å². The van der Waals surface area contributed by atoms with E-state index in [9.17, 15) is 8.42 Å². The maximum atomic E-state index is 11.8. The van der Waals surface area contributed by atoms with E-state index in [1.165, 1.54) is 0 Å². The van der Waals surface area contributed by atoms with Crippen LogP contribution in [0.2, 0.25) is 0 Å². The first-order valence-corrected chi connectivity index (χ1v) is 6.85. The van der Waals surface area contributed by atoms with Crippen molar-refractivity contribution < 1.29 is 13.2 Å². The Labute approximate surface area is 85.7 Å². The normalized spacial score (nSPS) is 25.1. The van der Waals surface area contributed by atoms with E-state index in [0.717, 1.165) is 12.8 Å². The highest BCUT2D eigenvalue weighted by Crippen LogP contribution is 2.17. The van der Waals surface area contributed by atoms with Gasteiger partial charge in [-0.2, -0.15) is 0 Å². The summed E-state index contributed by atoms with van der Waals surface area (Å²) in [6.07, 6.45) is 2.33. The molecular weight excluding hydrogens is 202 g/mol. The van der Waals surface area contributed by atoms with Crippen molar-refractivity contribution in [2.24, 2.45) is 5.73 Å². The van der Waals surface area contributed by atoms with Crippen LogP contribution in [0.1, 0.15) is 26.2 Å². The van der Waals surface area contributed by atoms with Gasteiger partial charge in [-0.25, -0.2) is 8.42 Å². The maximum absolute atomic E-state index is 11.8. The summed E-state index contributed by atoms with van der Waals surface area (Å²) in [5.41, 5.74) is 5.42. The average Bonchev–Trinajstić information content (AvgIpc) is 2.57. The Balaban J connectivity index is 2.55. The Morgan fingerprint density at radius 1 is 1.57 bits per heavy atom. The summed E-state index contributed by atoms with van der Waals surface area (Å²) in [5.74, 6) is 0.142. The van der Waals surface area contributed by atoms with Crippen molar-refractivity contribution in [1.29, 1.82) is 0 Å². The largest absolute Gasteiger partial charge is 0.377 e. The molecule has 4 nitrogen and oxygen atoms in total. The van der Waals surface area contributed by atoms with Crippen molar-refractivity contribution >= 4 is 9.84 Å². The predicted molar refractivity (Wildman–Crippen MR) is 55.9 cm³/mol. The van der Waals surface area contributed by atoms with Crippen LogP contribution >= 0.6 is 0 Å². The number of nitrogens with two attached hydrogens (primary N) is 1. The third-order valence-corrected chi connectivity index (χ3v) is 5.05. The molecule has 5 heteroatoms. The van der Waals surface area contributed by atoms with E-state index in [1.54, 1.807) is 0 Å². The Bertz CT molecular complexity index is 253. The quantitative estimate of drug-likeness (QED) is 0.725. The van der Waals surface area contributed by atoms with E-state index < -0.39 is 15.1 Å². The van der Waals surface area contributed by atoms with Crippen LogP contribution in [-0.4, -0.2) is 38.7 Å². The fourth-order valence-corrected chi connectivity index (χ4v) is 3.59. The highest BCUT2D eigenvalue weighted by Gasteiger charge is 2.28. The molecule has 1 fully saturated rings. The third-order valence-electron chi connectivity index (χ3n) is 2.67. The van der Waals surface area contributed by atoms with Crippen LogP contribution in [0, 0.1) is 0 Å². The van der Waals surface area contributed by atoms with E-state index in [4.69, 9.17) is 10.5 Å². The molecule has 2 unspecified atom stereocenters. The summed E-state index contributed by atoms with van der Waals surface area (Å²) in [5, 5.41) is -0.397. The van der Waals surface area contributed by atoms with Crippen LogP contribution < -0.4 is 5.73 Å². The molecule has 0 aromatic rings. The zero-order valence-corrected chi connectivity index (χ0v) is 9.42. The number of sulfone groups is 1. The second-order valence-electron chi connectivity index (χ2n) is 3.73. The van der Waals surface area contributed by atoms with E-state index in [0.29, 0.717) is 13.0 Å². The van der Waals surface area contributed by atoms with Gasteiger partial charge in [0.1, 0.15) is 0 Å². The monoisotopic (exact) mass is 221 g/mol. The van der Waals surface area contributed by atoms with Crippen LogP contribution in [0.4, 0.5) is 0 Å². The first-order valence-electron chi connectivity index (χ1n) is 5.13. The molecule has 0 aliphatic carbocycles. The number of ether oxygens (including phenoxy) is 1. The standard InChI is InChI=1S/C9H19NO3S/c1-2-9(6-10)14(11,12)7-8-4-3-5-13-8/h8-9H,2-7,10H2,1H3. The van der Waals surface area contributed by atoms with Crippen molar-refractivity contribution in [3.63, 3.8) is 0 Å². The number of hydrogen-bond acceptors (Lipinski definition) is 4. The Hall–Kier alpha value is -0.130. The van der Waals surface area contributed by atoms with Crippen molar-refractivity contribution in [2.45, 2.75) is 37.5 Å². The van der Waals surface area contributed by atoms with Gasteiger partial charge in [0.05, 0.1) is 17.1 Å². The lowest BCUT2D eigenvalue weighted by atomic mass is 10.3. The minimum atomic E-state index is -3.06. The molecule has 2 N–H and O–H groups in total. The minimum absolute atomic E-state index is 0.0967. The molecule has 1 aliphatic rings. The van der Waals surface area contributed by atoms with Crippen LogP contribution in [0.3, 0.4) is 0 Å². The molecule has 1 aliphatic heterocycles. The van der Waals surface area contributed by atoms with E-state index >= 15 is 0 Å². The molecule has 84 valence electrons. The SMILES string of the molecule is CCC(CN)S(=O)(=O)CC1CCCO1.